The number of nitrogens with zero attached hydrogens (tertiary/aromatic N) is 3. The molecule has 0 bridgehead atoms. The Morgan fingerprint density at radius 3 is 2.24 bits per heavy atom. The van der Waals surface area contributed by atoms with Crippen molar-refractivity contribution < 1.29 is 22.7 Å². The van der Waals surface area contributed by atoms with Gasteiger partial charge in [-0.05, 0) is 54.8 Å². The minimum atomic E-state index is -3.59. The summed E-state index contributed by atoms with van der Waals surface area (Å²) >= 11 is 1.34. The van der Waals surface area contributed by atoms with Crippen LogP contribution in [-0.2, 0) is 16.6 Å². The molecule has 0 aliphatic carbocycles. The maximum absolute atomic E-state index is 13.9. The lowest BCUT2D eigenvalue weighted by atomic mass is 10.1. The fourth-order valence-corrected chi connectivity index (χ4v) is 7.15. The van der Waals surface area contributed by atoms with E-state index in [1.54, 1.807) is 37.3 Å². The number of carbonyl (C=O) groups excluding carboxylic acids is 1. The van der Waals surface area contributed by atoms with Crippen molar-refractivity contribution in [2.75, 3.05) is 32.2 Å². The normalized spacial score (nSPS) is 14.4. The molecule has 8 nitrogen and oxygen atoms in total. The maximum atomic E-state index is 13.9. The first-order chi connectivity index (χ1) is 18.4. The molecule has 1 aliphatic rings. The highest BCUT2D eigenvalue weighted by Gasteiger charge is 2.28. The molecule has 0 atom stereocenters. The van der Waals surface area contributed by atoms with Crippen molar-refractivity contribution in [3.63, 3.8) is 0 Å². The van der Waals surface area contributed by atoms with Gasteiger partial charge in [0, 0.05) is 18.7 Å². The van der Waals surface area contributed by atoms with Crippen LogP contribution in [0.25, 0.3) is 10.2 Å². The monoisotopic (exact) mass is 551 g/mol. The first-order valence-corrected chi connectivity index (χ1v) is 14.7. The predicted molar refractivity (Wildman–Crippen MR) is 149 cm³/mol. The molecular formula is C28H29N3O5S2. The van der Waals surface area contributed by atoms with Gasteiger partial charge in [0.05, 0.1) is 25.7 Å². The lowest BCUT2D eigenvalue weighted by Crippen LogP contribution is -2.35. The average molecular weight is 552 g/mol. The van der Waals surface area contributed by atoms with E-state index in [9.17, 15) is 13.2 Å². The Labute approximate surface area is 226 Å². The van der Waals surface area contributed by atoms with Crippen LogP contribution in [0.4, 0.5) is 5.13 Å². The second-order valence-electron chi connectivity index (χ2n) is 9.01. The Hall–Kier alpha value is -3.47. The SMILES string of the molecule is COc1ccc(OC)c2sc(N(Cc3ccccc3)C(=O)c3ccc(S(=O)(=O)N4CCCCC4)cc3)nc12. The molecule has 1 saturated heterocycles. The zero-order valence-electron chi connectivity index (χ0n) is 21.3. The second-order valence-corrected chi connectivity index (χ2v) is 11.9. The quantitative estimate of drug-likeness (QED) is 0.294. The van der Waals surface area contributed by atoms with E-state index in [2.05, 4.69) is 0 Å². The lowest BCUT2D eigenvalue weighted by molar-refractivity contribution is 0.0985. The number of hydrogen-bond donors (Lipinski definition) is 0. The van der Waals surface area contributed by atoms with Gasteiger partial charge in [-0.3, -0.25) is 9.69 Å². The molecule has 0 spiro atoms. The Kier molecular flexibility index (Phi) is 7.64. The molecule has 0 saturated carbocycles. The number of thiazole rings is 1. The minimum Gasteiger partial charge on any atom is -0.495 e. The Balaban J connectivity index is 1.51. The predicted octanol–water partition coefficient (Wildman–Crippen LogP) is 5.34. The molecule has 38 heavy (non-hydrogen) atoms. The van der Waals surface area contributed by atoms with E-state index in [0.717, 1.165) is 29.5 Å². The van der Waals surface area contributed by atoms with Crippen molar-refractivity contribution >= 4 is 42.6 Å². The average Bonchev–Trinajstić information content (AvgIpc) is 3.41. The van der Waals surface area contributed by atoms with E-state index in [4.69, 9.17) is 14.5 Å². The number of methoxy groups -OCH3 is 2. The Morgan fingerprint density at radius 1 is 0.921 bits per heavy atom. The van der Waals surface area contributed by atoms with Crippen LogP contribution in [0.15, 0.2) is 71.6 Å². The number of benzene rings is 3. The number of piperidine rings is 1. The first kappa shape index (κ1) is 26.1. The number of rotatable bonds is 8. The summed E-state index contributed by atoms with van der Waals surface area (Å²) in [6.07, 6.45) is 2.77. The van der Waals surface area contributed by atoms with Crippen LogP contribution in [0.1, 0.15) is 35.2 Å². The number of amides is 1. The molecule has 0 unspecified atom stereocenters. The molecule has 1 amide bonds. The van der Waals surface area contributed by atoms with Crippen molar-refractivity contribution in [2.45, 2.75) is 30.7 Å². The van der Waals surface area contributed by atoms with Crippen LogP contribution in [0.2, 0.25) is 0 Å². The van der Waals surface area contributed by atoms with Gasteiger partial charge in [0.1, 0.15) is 21.7 Å². The highest BCUT2D eigenvalue weighted by atomic mass is 32.2. The van der Waals surface area contributed by atoms with Gasteiger partial charge < -0.3 is 9.47 Å². The highest BCUT2D eigenvalue weighted by molar-refractivity contribution is 7.89. The zero-order valence-corrected chi connectivity index (χ0v) is 22.9. The third kappa shape index (κ3) is 5.11. The van der Waals surface area contributed by atoms with E-state index in [1.807, 2.05) is 36.4 Å². The molecule has 4 aromatic rings. The number of carbonyl (C=O) groups is 1. The van der Waals surface area contributed by atoms with E-state index >= 15 is 0 Å². The van der Waals surface area contributed by atoms with Gasteiger partial charge >= 0.3 is 0 Å². The van der Waals surface area contributed by atoms with Crippen LogP contribution < -0.4 is 14.4 Å². The van der Waals surface area contributed by atoms with Crippen molar-refractivity contribution in [1.29, 1.82) is 0 Å². The summed E-state index contributed by atoms with van der Waals surface area (Å²) in [4.78, 5) is 20.4. The van der Waals surface area contributed by atoms with Crippen molar-refractivity contribution in [3.05, 3.63) is 77.9 Å². The van der Waals surface area contributed by atoms with Crippen LogP contribution >= 0.6 is 11.3 Å². The number of aromatic nitrogens is 1. The molecule has 2 heterocycles. The molecule has 0 N–H and O–H groups in total. The summed E-state index contributed by atoms with van der Waals surface area (Å²) in [5, 5.41) is 0.488. The standard InChI is InChI=1S/C28H29N3O5S2/c1-35-23-15-16-24(36-2)26-25(23)29-28(37-26)31(19-20-9-5-3-6-10-20)27(32)21-11-13-22(14-12-21)38(33,34)30-17-7-4-8-18-30/h3,5-6,9-16H,4,7-8,17-19H2,1-2H3. The number of ether oxygens (including phenoxy) is 2. The van der Waals surface area contributed by atoms with Gasteiger partial charge in [-0.2, -0.15) is 4.31 Å². The summed E-state index contributed by atoms with van der Waals surface area (Å²) in [5.74, 6) is 0.944. The number of sulfonamides is 1. The van der Waals surface area contributed by atoms with E-state index < -0.39 is 10.0 Å². The van der Waals surface area contributed by atoms with E-state index in [1.165, 1.54) is 27.8 Å². The van der Waals surface area contributed by atoms with Crippen LogP contribution in [0.3, 0.4) is 0 Å². The van der Waals surface area contributed by atoms with Gasteiger partial charge in [-0.15, -0.1) is 0 Å². The van der Waals surface area contributed by atoms with Crippen molar-refractivity contribution in [1.82, 2.24) is 9.29 Å². The van der Waals surface area contributed by atoms with Gasteiger partial charge in [0.25, 0.3) is 5.91 Å². The molecule has 198 valence electrons. The molecule has 5 rings (SSSR count). The first-order valence-electron chi connectivity index (χ1n) is 12.4. The third-order valence-corrected chi connectivity index (χ3v) is 9.62. The van der Waals surface area contributed by atoms with Crippen LogP contribution in [0, 0.1) is 0 Å². The largest absolute Gasteiger partial charge is 0.495 e. The third-order valence-electron chi connectivity index (χ3n) is 6.61. The summed E-state index contributed by atoms with van der Waals surface area (Å²) < 4.78 is 39.5. The molecule has 1 aromatic heterocycles. The Bertz CT molecular complexity index is 1490. The van der Waals surface area contributed by atoms with Crippen LogP contribution in [-0.4, -0.2) is 50.9 Å². The summed E-state index contributed by atoms with van der Waals surface area (Å²) in [5.41, 5.74) is 1.92. The van der Waals surface area contributed by atoms with Gasteiger partial charge in [-0.25, -0.2) is 13.4 Å². The minimum absolute atomic E-state index is 0.194. The van der Waals surface area contributed by atoms with E-state index in [-0.39, 0.29) is 17.3 Å². The van der Waals surface area contributed by atoms with Gasteiger partial charge in [-0.1, -0.05) is 48.1 Å². The Morgan fingerprint density at radius 2 is 1.58 bits per heavy atom. The second kappa shape index (κ2) is 11.1. The molecule has 0 radical (unpaired) electrons. The van der Waals surface area contributed by atoms with Crippen molar-refractivity contribution in [2.24, 2.45) is 0 Å². The molecule has 10 heteroatoms. The molecule has 3 aromatic carbocycles. The summed E-state index contributed by atoms with van der Waals surface area (Å²) in [6.45, 7) is 1.34. The van der Waals surface area contributed by atoms with Crippen molar-refractivity contribution in [3.8, 4) is 11.5 Å². The van der Waals surface area contributed by atoms with Gasteiger partial charge in [0.15, 0.2) is 5.13 Å². The topological polar surface area (TPSA) is 89.0 Å². The van der Waals surface area contributed by atoms with E-state index in [0.29, 0.717) is 40.8 Å². The lowest BCUT2D eigenvalue weighted by Gasteiger charge is -2.26. The smallest absolute Gasteiger partial charge is 0.260 e. The summed E-state index contributed by atoms with van der Waals surface area (Å²) in [7, 11) is -0.421. The molecule has 1 aliphatic heterocycles. The molecule has 1 fully saturated rings. The number of hydrogen-bond acceptors (Lipinski definition) is 7. The number of fused-ring (bicyclic) bond motifs is 1. The maximum Gasteiger partial charge on any atom is 0.260 e. The summed E-state index contributed by atoms with van der Waals surface area (Å²) in [6, 6.07) is 19.4. The zero-order chi connectivity index (χ0) is 26.7. The van der Waals surface area contributed by atoms with Gasteiger partial charge in [0.2, 0.25) is 10.0 Å². The number of anilines is 1. The highest BCUT2D eigenvalue weighted by Crippen LogP contribution is 2.40. The fourth-order valence-electron chi connectivity index (χ4n) is 4.56. The fraction of sp³-hybridized carbons (Fsp3) is 0.286. The molecular weight excluding hydrogens is 522 g/mol. The van der Waals surface area contributed by atoms with Crippen LogP contribution in [0.5, 0.6) is 11.5 Å².